The van der Waals surface area contributed by atoms with E-state index < -0.39 is 124 Å². The molecule has 3 rings (SSSR count). The molecular formula is C89H159NO18. The van der Waals surface area contributed by atoms with E-state index in [1.165, 1.54) is 231 Å². The molecule has 0 spiro atoms. The highest BCUT2D eigenvalue weighted by molar-refractivity contribution is 5.76. The van der Waals surface area contributed by atoms with Crippen LogP contribution in [0, 0.1) is 0 Å². The first kappa shape index (κ1) is 99.2. The van der Waals surface area contributed by atoms with Gasteiger partial charge in [0.25, 0.3) is 0 Å². The molecule has 0 aromatic heterocycles. The Labute approximate surface area is 654 Å². The van der Waals surface area contributed by atoms with Crippen LogP contribution in [0.25, 0.3) is 0 Å². The highest BCUT2D eigenvalue weighted by Gasteiger charge is 2.54. The van der Waals surface area contributed by atoms with E-state index in [0.717, 1.165) is 83.5 Å². The Morgan fingerprint density at radius 3 is 1.00 bits per heavy atom. The van der Waals surface area contributed by atoms with E-state index in [9.17, 15) is 61.0 Å². The van der Waals surface area contributed by atoms with Crippen molar-refractivity contribution in [1.29, 1.82) is 0 Å². The molecule has 1 amide bonds. The van der Waals surface area contributed by atoms with Crippen LogP contribution in [-0.4, -0.2) is 193 Å². The van der Waals surface area contributed by atoms with Gasteiger partial charge in [-0.05, 0) is 70.6 Å². The molecule has 3 heterocycles. The second-order valence-electron chi connectivity index (χ2n) is 31.0. The number of ether oxygens (including phenoxy) is 6. The molecule has 3 aliphatic rings. The van der Waals surface area contributed by atoms with Gasteiger partial charge in [-0.2, -0.15) is 0 Å². The maximum Gasteiger partial charge on any atom is 0.220 e. The largest absolute Gasteiger partial charge is 0.394 e. The van der Waals surface area contributed by atoms with Gasteiger partial charge in [-0.25, -0.2) is 0 Å². The number of rotatable bonds is 70. The Kier molecular flexibility index (Phi) is 62.8. The van der Waals surface area contributed by atoms with Gasteiger partial charge in [-0.3, -0.25) is 4.79 Å². The summed E-state index contributed by atoms with van der Waals surface area (Å²) in [5, 5.41) is 121. The molecule has 0 saturated carbocycles. The maximum absolute atomic E-state index is 13.5. The Morgan fingerprint density at radius 2 is 0.639 bits per heavy atom. The lowest BCUT2D eigenvalue weighted by molar-refractivity contribution is -0.379. The number of aliphatic hydroxyl groups excluding tert-OH is 11. The zero-order valence-corrected chi connectivity index (χ0v) is 67.6. The molecule has 17 unspecified atom stereocenters. The topological polar surface area (TPSA) is 307 Å². The molecule has 17 atom stereocenters. The van der Waals surface area contributed by atoms with Gasteiger partial charge in [0, 0.05) is 6.42 Å². The van der Waals surface area contributed by atoms with Crippen molar-refractivity contribution in [2.45, 2.75) is 446 Å². The van der Waals surface area contributed by atoms with E-state index in [2.05, 4.69) is 92.1 Å². The van der Waals surface area contributed by atoms with Crippen LogP contribution in [-0.2, 0) is 33.2 Å². The van der Waals surface area contributed by atoms with Gasteiger partial charge in [0.2, 0.25) is 5.91 Å². The second-order valence-corrected chi connectivity index (χ2v) is 31.0. The predicted octanol–water partition coefficient (Wildman–Crippen LogP) is 16.1. The molecule has 0 aromatic carbocycles. The van der Waals surface area contributed by atoms with Crippen molar-refractivity contribution < 1.29 is 89.4 Å². The van der Waals surface area contributed by atoms with Crippen LogP contribution in [0.5, 0.6) is 0 Å². The van der Waals surface area contributed by atoms with Crippen LogP contribution >= 0.6 is 0 Å². The Morgan fingerprint density at radius 1 is 0.343 bits per heavy atom. The van der Waals surface area contributed by atoms with Crippen molar-refractivity contribution in [1.82, 2.24) is 5.32 Å². The molecule has 628 valence electrons. The molecule has 12 N–H and O–H groups in total. The Bertz CT molecular complexity index is 2280. The number of nitrogens with one attached hydrogen (secondary N) is 1. The summed E-state index contributed by atoms with van der Waals surface area (Å²) < 4.78 is 34.5. The maximum atomic E-state index is 13.5. The summed E-state index contributed by atoms with van der Waals surface area (Å²) in [6.07, 6.45) is 65.8. The van der Waals surface area contributed by atoms with Crippen LogP contribution in [0.4, 0.5) is 0 Å². The van der Waals surface area contributed by atoms with E-state index in [1.54, 1.807) is 6.08 Å². The highest BCUT2D eigenvalue weighted by atomic mass is 16.8. The van der Waals surface area contributed by atoms with E-state index in [1.807, 2.05) is 6.08 Å². The van der Waals surface area contributed by atoms with Crippen LogP contribution in [0.1, 0.15) is 341 Å². The molecule has 0 bridgehead atoms. The fourth-order valence-corrected chi connectivity index (χ4v) is 14.5. The average Bonchev–Trinajstić information content (AvgIpc) is 0.775. The molecule has 3 aliphatic heterocycles. The van der Waals surface area contributed by atoms with E-state index >= 15 is 0 Å². The second kappa shape index (κ2) is 68.4. The van der Waals surface area contributed by atoms with Gasteiger partial charge >= 0.3 is 0 Å². The molecular weight excluding hydrogens is 1370 g/mol. The van der Waals surface area contributed by atoms with Gasteiger partial charge in [-0.15, -0.1) is 0 Å². The number of hydrogen-bond donors (Lipinski definition) is 12. The molecule has 19 nitrogen and oxygen atoms in total. The quantitative estimate of drug-likeness (QED) is 0.0199. The fraction of sp³-hybridized carbons (Fsp3) is 0.831. The monoisotopic (exact) mass is 1530 g/mol. The Balaban J connectivity index is 1.32. The first-order valence-electron chi connectivity index (χ1n) is 43.8. The number of carbonyl (C=O) groups excluding carboxylic acids is 1. The summed E-state index contributed by atoms with van der Waals surface area (Å²) in [5.41, 5.74) is 0. The number of hydrogen-bond acceptors (Lipinski definition) is 18. The van der Waals surface area contributed by atoms with E-state index in [4.69, 9.17) is 28.4 Å². The molecule has 108 heavy (non-hydrogen) atoms. The molecule has 0 aromatic rings. The van der Waals surface area contributed by atoms with Crippen molar-refractivity contribution in [2.24, 2.45) is 0 Å². The van der Waals surface area contributed by atoms with Crippen molar-refractivity contribution >= 4 is 5.91 Å². The summed E-state index contributed by atoms with van der Waals surface area (Å²) in [4.78, 5) is 13.5. The van der Waals surface area contributed by atoms with Crippen molar-refractivity contribution in [3.63, 3.8) is 0 Å². The third-order valence-corrected chi connectivity index (χ3v) is 21.4. The van der Waals surface area contributed by atoms with Crippen molar-refractivity contribution in [2.75, 3.05) is 26.4 Å². The standard InChI is InChI=1S/C89H159NO18/c1-3-5-7-9-11-13-15-17-19-21-23-25-27-29-30-31-32-33-34-35-36-37-38-39-40-41-42-43-45-47-49-51-53-55-57-59-61-63-65-67-77(95)90-72(73(94)66-64-62-60-58-56-54-52-50-48-46-44-28-26-24-22-20-18-16-14-12-10-8-6-4-2)71-103-87-83(101)80(98)85(75(69-92)105-87)108-89-84(102)81(99)86(76(70-93)106-89)107-88-82(100)79(97)78(96)74(68-91)104-88/h5,7,11,13,17,19,23,25,29-30,32-33,64,66,72-76,78-89,91-94,96-102H,3-4,6,8-10,12,14-16,18,20-22,24,26-28,31,34-63,65,67-71H2,1-2H3,(H,90,95)/b7-5-,13-11-,19-17-,25-23-,30-29-,33-32-,66-64+. The molecule has 0 aliphatic carbocycles. The lowest BCUT2D eigenvalue weighted by atomic mass is 9.96. The van der Waals surface area contributed by atoms with Crippen LogP contribution in [0.2, 0.25) is 0 Å². The molecule has 3 fully saturated rings. The first-order chi connectivity index (χ1) is 52.8. The smallest absolute Gasteiger partial charge is 0.220 e. The summed E-state index contributed by atoms with van der Waals surface area (Å²) in [7, 11) is 0. The minimum Gasteiger partial charge on any atom is -0.394 e. The zero-order chi connectivity index (χ0) is 78.1. The van der Waals surface area contributed by atoms with Crippen LogP contribution < -0.4 is 5.32 Å². The lowest BCUT2D eigenvalue weighted by Crippen LogP contribution is -2.66. The minimum atomic E-state index is -1.98. The lowest BCUT2D eigenvalue weighted by Gasteiger charge is -2.48. The normalized spacial score (nSPS) is 25.8. The molecule has 3 saturated heterocycles. The van der Waals surface area contributed by atoms with Crippen molar-refractivity contribution in [3.05, 3.63) is 85.1 Å². The average molecular weight is 1530 g/mol. The van der Waals surface area contributed by atoms with Gasteiger partial charge in [0.05, 0.1) is 38.6 Å². The number of allylic oxidation sites excluding steroid dienone is 13. The first-order valence-corrected chi connectivity index (χ1v) is 43.8. The third kappa shape index (κ3) is 47.0. The highest BCUT2D eigenvalue weighted by Crippen LogP contribution is 2.33. The summed E-state index contributed by atoms with van der Waals surface area (Å²) in [6, 6.07) is -0.977. The number of unbranched alkanes of at least 4 members (excludes halogenated alkanes) is 42. The SMILES string of the molecule is CC/C=C\C/C=C\C/C=C\C/C=C\C/C=C\C/C=C\CCCCCCCCCCCCCCCCCCCCCCC(=O)NC(COC1OC(CO)C(OC2OC(CO)C(OC3OC(CO)C(O)C(O)C3O)C(O)C2O)C(O)C1O)C(O)/C=C/CCCCCCCCCCCCCCCCCCCCCCCC. The minimum absolute atomic E-state index is 0.244. The van der Waals surface area contributed by atoms with E-state index in [-0.39, 0.29) is 18.9 Å². The number of amides is 1. The van der Waals surface area contributed by atoms with Gasteiger partial charge in [-0.1, -0.05) is 349 Å². The number of aliphatic hydroxyl groups is 11. The van der Waals surface area contributed by atoms with E-state index in [0.29, 0.717) is 6.42 Å². The summed E-state index contributed by atoms with van der Waals surface area (Å²) >= 11 is 0. The summed E-state index contributed by atoms with van der Waals surface area (Å²) in [6.45, 7) is 1.67. The van der Waals surface area contributed by atoms with Gasteiger partial charge in [0.1, 0.15) is 73.2 Å². The Hall–Kier alpha value is -3.03. The fourth-order valence-electron chi connectivity index (χ4n) is 14.5. The van der Waals surface area contributed by atoms with Gasteiger partial charge in [0.15, 0.2) is 18.9 Å². The number of carbonyl (C=O) groups is 1. The zero-order valence-electron chi connectivity index (χ0n) is 67.6. The molecule has 0 radical (unpaired) electrons. The van der Waals surface area contributed by atoms with Crippen molar-refractivity contribution in [3.8, 4) is 0 Å². The van der Waals surface area contributed by atoms with Gasteiger partial charge < -0.3 is 89.9 Å². The van der Waals surface area contributed by atoms with Crippen LogP contribution in [0.3, 0.4) is 0 Å². The predicted molar refractivity (Wildman–Crippen MR) is 434 cm³/mol. The summed E-state index contributed by atoms with van der Waals surface area (Å²) in [5.74, 6) is -0.271. The van der Waals surface area contributed by atoms with Crippen LogP contribution in [0.15, 0.2) is 85.1 Å². The molecule has 19 heteroatoms. The third-order valence-electron chi connectivity index (χ3n) is 21.4.